The Morgan fingerprint density at radius 2 is 2.22 bits per heavy atom. The van der Waals surface area contributed by atoms with Gasteiger partial charge in [0.15, 0.2) is 0 Å². The van der Waals surface area contributed by atoms with Gasteiger partial charge in [0.2, 0.25) is 0 Å². The summed E-state index contributed by atoms with van der Waals surface area (Å²) in [4.78, 5) is 4.19. The Bertz CT molecular complexity index is 533. The molecule has 2 aromatic rings. The van der Waals surface area contributed by atoms with Crippen molar-refractivity contribution in [2.45, 2.75) is 11.2 Å². The molecule has 94 valence electrons. The van der Waals surface area contributed by atoms with Crippen LogP contribution in [-0.4, -0.2) is 12.1 Å². The zero-order valence-electron chi connectivity index (χ0n) is 9.94. The van der Waals surface area contributed by atoms with Gasteiger partial charge in [0.05, 0.1) is 12.1 Å². The number of methoxy groups -OCH3 is 1. The first kappa shape index (κ1) is 13.4. The Labute approximate surface area is 120 Å². The van der Waals surface area contributed by atoms with Crippen molar-refractivity contribution < 1.29 is 4.74 Å². The maximum absolute atomic E-state index is 6.11. The molecule has 1 aromatic carbocycles. The minimum Gasteiger partial charge on any atom is -0.497 e. The van der Waals surface area contributed by atoms with Gasteiger partial charge >= 0.3 is 0 Å². The molecule has 0 N–H and O–H groups in total. The molecule has 0 bridgehead atoms. The molecule has 2 rings (SSSR count). The quantitative estimate of drug-likeness (QED) is 0.776. The number of ether oxygens (including phenoxy) is 1. The average Bonchev–Trinajstić information content (AvgIpc) is 2.41. The lowest BCUT2D eigenvalue weighted by atomic mass is 10.1. The van der Waals surface area contributed by atoms with Crippen LogP contribution in [0.2, 0.25) is 5.02 Å². The number of alkyl halides is 1. The molecular weight excluding hydrogens is 314 g/mol. The van der Waals surface area contributed by atoms with E-state index in [9.17, 15) is 0 Å². The van der Waals surface area contributed by atoms with Crippen LogP contribution < -0.4 is 4.74 Å². The number of rotatable bonds is 4. The summed E-state index contributed by atoms with van der Waals surface area (Å²) in [5.74, 6) is 0.859. The second kappa shape index (κ2) is 6.21. The number of aromatic nitrogens is 1. The third-order valence-corrected chi connectivity index (χ3v) is 3.90. The summed E-state index contributed by atoms with van der Waals surface area (Å²) < 4.78 is 5.22. The van der Waals surface area contributed by atoms with Crippen molar-refractivity contribution in [2.75, 3.05) is 7.11 Å². The van der Waals surface area contributed by atoms with Crippen molar-refractivity contribution in [3.05, 3.63) is 58.9 Å². The van der Waals surface area contributed by atoms with Crippen molar-refractivity contribution in [2.24, 2.45) is 0 Å². The summed E-state index contributed by atoms with van der Waals surface area (Å²) in [5, 5.41) is 0.699. The summed E-state index contributed by atoms with van der Waals surface area (Å²) in [5.41, 5.74) is 2.25. The predicted octanol–water partition coefficient (Wildman–Crippen LogP) is 4.42. The molecule has 0 saturated heterocycles. The fourth-order valence-corrected chi connectivity index (χ4v) is 2.55. The monoisotopic (exact) mass is 325 g/mol. The van der Waals surface area contributed by atoms with Crippen molar-refractivity contribution in [1.29, 1.82) is 0 Å². The maximum atomic E-state index is 6.11. The molecule has 0 spiro atoms. The van der Waals surface area contributed by atoms with Gasteiger partial charge in [-0.2, -0.15) is 0 Å². The van der Waals surface area contributed by atoms with Crippen LogP contribution in [-0.2, 0) is 6.42 Å². The van der Waals surface area contributed by atoms with Crippen LogP contribution in [0.3, 0.4) is 0 Å². The highest BCUT2D eigenvalue weighted by Crippen LogP contribution is 2.31. The first-order valence-corrected chi connectivity index (χ1v) is 6.86. The molecule has 1 atom stereocenters. The van der Waals surface area contributed by atoms with Crippen molar-refractivity contribution >= 4 is 27.5 Å². The second-order valence-corrected chi connectivity index (χ2v) is 5.43. The highest BCUT2D eigenvalue weighted by molar-refractivity contribution is 9.09. The number of halogens is 2. The highest BCUT2D eigenvalue weighted by Gasteiger charge is 2.11. The van der Waals surface area contributed by atoms with Crippen molar-refractivity contribution in [3.8, 4) is 5.75 Å². The zero-order chi connectivity index (χ0) is 13.0. The van der Waals surface area contributed by atoms with E-state index in [2.05, 4.69) is 27.0 Å². The number of hydrogen-bond donors (Lipinski definition) is 0. The Balaban J connectivity index is 2.16. The Hall–Kier alpha value is -1.06. The molecule has 0 amide bonds. The Morgan fingerprint density at radius 1 is 1.39 bits per heavy atom. The number of pyridine rings is 1. The molecule has 0 aliphatic carbocycles. The van der Waals surface area contributed by atoms with Gasteiger partial charge in [0.1, 0.15) is 5.75 Å². The van der Waals surface area contributed by atoms with Crippen LogP contribution in [0.5, 0.6) is 5.75 Å². The molecule has 1 unspecified atom stereocenters. The van der Waals surface area contributed by atoms with Crippen LogP contribution in [0.4, 0.5) is 0 Å². The third-order valence-electron chi connectivity index (χ3n) is 2.71. The van der Waals surface area contributed by atoms with Gasteiger partial charge in [0, 0.05) is 17.2 Å². The van der Waals surface area contributed by atoms with Crippen molar-refractivity contribution in [1.82, 2.24) is 4.98 Å². The molecule has 0 radical (unpaired) electrons. The van der Waals surface area contributed by atoms with Gasteiger partial charge in [-0.1, -0.05) is 39.7 Å². The van der Waals surface area contributed by atoms with Gasteiger partial charge < -0.3 is 4.74 Å². The van der Waals surface area contributed by atoms with E-state index in [1.54, 1.807) is 19.5 Å². The topological polar surface area (TPSA) is 22.1 Å². The van der Waals surface area contributed by atoms with E-state index in [0.717, 1.165) is 17.7 Å². The van der Waals surface area contributed by atoms with Gasteiger partial charge in [-0.05, 0) is 35.7 Å². The third kappa shape index (κ3) is 3.24. The summed E-state index contributed by atoms with van der Waals surface area (Å²) in [6.45, 7) is 0. The van der Waals surface area contributed by atoms with E-state index in [1.807, 2.05) is 24.3 Å². The van der Waals surface area contributed by atoms with Gasteiger partial charge in [-0.25, -0.2) is 0 Å². The maximum Gasteiger partial charge on any atom is 0.119 e. The van der Waals surface area contributed by atoms with E-state index < -0.39 is 0 Å². The van der Waals surface area contributed by atoms with Crippen LogP contribution in [0.1, 0.15) is 16.0 Å². The van der Waals surface area contributed by atoms with Crippen LogP contribution in [0.25, 0.3) is 0 Å². The predicted molar refractivity (Wildman–Crippen MR) is 77.6 cm³/mol. The Morgan fingerprint density at radius 3 is 2.94 bits per heavy atom. The van der Waals surface area contributed by atoms with Gasteiger partial charge in [0.25, 0.3) is 0 Å². The minimum atomic E-state index is 0.201. The number of hydrogen-bond acceptors (Lipinski definition) is 2. The lowest BCUT2D eigenvalue weighted by molar-refractivity contribution is 0.414. The average molecular weight is 327 g/mol. The number of nitrogens with zero attached hydrogens (tertiary/aromatic N) is 1. The molecule has 1 aromatic heterocycles. The van der Waals surface area contributed by atoms with E-state index in [-0.39, 0.29) is 4.83 Å². The van der Waals surface area contributed by atoms with Gasteiger partial charge in [-0.3, -0.25) is 4.98 Å². The molecule has 0 aliphatic heterocycles. The van der Waals surface area contributed by atoms with Crippen LogP contribution >= 0.6 is 27.5 Å². The van der Waals surface area contributed by atoms with E-state index in [1.165, 1.54) is 5.56 Å². The smallest absolute Gasteiger partial charge is 0.119 e. The summed E-state index contributed by atoms with van der Waals surface area (Å²) in [7, 11) is 1.67. The highest BCUT2D eigenvalue weighted by atomic mass is 79.9. The summed E-state index contributed by atoms with van der Waals surface area (Å²) in [6.07, 6.45) is 4.24. The molecule has 18 heavy (non-hydrogen) atoms. The van der Waals surface area contributed by atoms with E-state index in [4.69, 9.17) is 16.3 Å². The van der Waals surface area contributed by atoms with E-state index >= 15 is 0 Å². The van der Waals surface area contributed by atoms with Crippen LogP contribution in [0.15, 0.2) is 42.7 Å². The first-order chi connectivity index (χ1) is 8.70. The lowest BCUT2D eigenvalue weighted by Gasteiger charge is -2.12. The second-order valence-electron chi connectivity index (χ2n) is 3.92. The minimum absolute atomic E-state index is 0.201. The largest absolute Gasteiger partial charge is 0.497 e. The molecule has 4 heteroatoms. The Kier molecular flexibility index (Phi) is 4.61. The standard InChI is InChI=1S/C14H13BrClNO/c1-18-12-4-2-3-10(7-12)13(15)8-11-5-6-17-9-14(11)16/h2-7,9,13H,8H2,1H3. The molecule has 0 aliphatic rings. The number of benzene rings is 1. The van der Waals surface area contributed by atoms with Crippen molar-refractivity contribution in [3.63, 3.8) is 0 Å². The van der Waals surface area contributed by atoms with Crippen LogP contribution in [0, 0.1) is 0 Å². The summed E-state index contributed by atoms with van der Waals surface area (Å²) >= 11 is 9.79. The van der Waals surface area contributed by atoms with E-state index in [0.29, 0.717) is 5.02 Å². The summed E-state index contributed by atoms with van der Waals surface area (Å²) in [6, 6.07) is 9.95. The van der Waals surface area contributed by atoms with Gasteiger partial charge in [-0.15, -0.1) is 0 Å². The molecule has 2 nitrogen and oxygen atoms in total. The molecular formula is C14H13BrClNO. The fourth-order valence-electron chi connectivity index (χ4n) is 1.72. The lowest BCUT2D eigenvalue weighted by Crippen LogP contribution is -1.97. The molecule has 1 heterocycles. The molecule has 0 fully saturated rings. The normalized spacial score (nSPS) is 12.2. The SMILES string of the molecule is COc1cccc(C(Br)Cc2ccncc2Cl)c1. The molecule has 0 saturated carbocycles. The fraction of sp³-hybridized carbons (Fsp3) is 0.214. The zero-order valence-corrected chi connectivity index (χ0v) is 12.3. The first-order valence-electron chi connectivity index (χ1n) is 5.57.